The third kappa shape index (κ3) is 8.45. The Labute approximate surface area is 180 Å². The molecule has 0 saturated heterocycles. The van der Waals surface area contributed by atoms with Crippen LogP contribution in [-0.2, 0) is 17.8 Å². The standard InChI is InChI=1S/C23H37N5O2/c1-5-24-23(26-11-7-8-13-28-14-12-25-20(28)4)27-18-21-10-9-19(3)17-22(21)30-16-15-29-6-2/h9-10,12,14,17H,5-8,11,13,15-16,18H2,1-4H3,(H2,24,26,27). The number of nitrogens with one attached hydrogen (secondary N) is 2. The first-order valence-electron chi connectivity index (χ1n) is 10.9. The molecule has 0 saturated carbocycles. The molecule has 0 fully saturated rings. The van der Waals surface area contributed by atoms with E-state index in [9.17, 15) is 0 Å². The molecule has 1 aromatic heterocycles. The van der Waals surface area contributed by atoms with E-state index < -0.39 is 0 Å². The zero-order chi connectivity index (χ0) is 21.6. The van der Waals surface area contributed by atoms with Gasteiger partial charge in [0, 0.05) is 44.2 Å². The van der Waals surface area contributed by atoms with E-state index in [2.05, 4.69) is 52.2 Å². The van der Waals surface area contributed by atoms with Crippen molar-refractivity contribution in [3.63, 3.8) is 0 Å². The van der Waals surface area contributed by atoms with Gasteiger partial charge in [0.15, 0.2) is 5.96 Å². The summed E-state index contributed by atoms with van der Waals surface area (Å²) in [5.41, 5.74) is 2.25. The monoisotopic (exact) mass is 415 g/mol. The highest BCUT2D eigenvalue weighted by Gasteiger charge is 2.05. The smallest absolute Gasteiger partial charge is 0.191 e. The van der Waals surface area contributed by atoms with Crippen molar-refractivity contribution in [1.29, 1.82) is 0 Å². The van der Waals surface area contributed by atoms with Gasteiger partial charge in [-0.05, 0) is 52.2 Å². The van der Waals surface area contributed by atoms with E-state index in [0.29, 0.717) is 26.4 Å². The molecular weight excluding hydrogens is 378 g/mol. The minimum absolute atomic E-state index is 0.544. The molecule has 7 heteroatoms. The Kier molecular flexibility index (Phi) is 10.8. The van der Waals surface area contributed by atoms with Crippen LogP contribution in [0.2, 0.25) is 0 Å². The van der Waals surface area contributed by atoms with Crippen LogP contribution in [0, 0.1) is 13.8 Å². The Hall–Kier alpha value is -2.54. The molecule has 1 aromatic carbocycles. The van der Waals surface area contributed by atoms with Crippen LogP contribution in [0.5, 0.6) is 5.75 Å². The van der Waals surface area contributed by atoms with Crippen molar-refractivity contribution in [3.05, 3.63) is 47.5 Å². The van der Waals surface area contributed by atoms with Crippen molar-refractivity contribution in [3.8, 4) is 5.75 Å². The van der Waals surface area contributed by atoms with Crippen LogP contribution < -0.4 is 15.4 Å². The lowest BCUT2D eigenvalue weighted by atomic mass is 10.1. The topological polar surface area (TPSA) is 72.7 Å². The minimum atomic E-state index is 0.544. The zero-order valence-corrected chi connectivity index (χ0v) is 18.9. The minimum Gasteiger partial charge on any atom is -0.491 e. The van der Waals surface area contributed by atoms with Crippen molar-refractivity contribution in [2.24, 2.45) is 4.99 Å². The number of rotatable bonds is 13. The molecule has 0 aliphatic heterocycles. The summed E-state index contributed by atoms with van der Waals surface area (Å²) in [6.07, 6.45) is 6.05. The highest BCUT2D eigenvalue weighted by Crippen LogP contribution is 2.21. The number of unbranched alkanes of at least 4 members (excludes halogenated alkanes) is 1. The molecule has 0 unspecified atom stereocenters. The van der Waals surface area contributed by atoms with Gasteiger partial charge in [-0.1, -0.05) is 12.1 Å². The average Bonchev–Trinajstić information content (AvgIpc) is 3.14. The van der Waals surface area contributed by atoms with Crippen LogP contribution in [0.4, 0.5) is 0 Å². The van der Waals surface area contributed by atoms with E-state index in [1.54, 1.807) is 0 Å². The number of imidazole rings is 1. The molecule has 0 aliphatic carbocycles. The number of aliphatic imine (C=N–C) groups is 1. The van der Waals surface area contributed by atoms with Gasteiger partial charge < -0.3 is 24.7 Å². The summed E-state index contributed by atoms with van der Waals surface area (Å²) in [7, 11) is 0. The average molecular weight is 416 g/mol. The van der Waals surface area contributed by atoms with Gasteiger partial charge in [0.05, 0.1) is 13.2 Å². The van der Waals surface area contributed by atoms with Gasteiger partial charge in [0.2, 0.25) is 0 Å². The molecule has 0 radical (unpaired) electrons. The Balaban J connectivity index is 1.84. The Morgan fingerprint density at radius 1 is 1.13 bits per heavy atom. The van der Waals surface area contributed by atoms with Crippen LogP contribution in [-0.4, -0.2) is 48.4 Å². The second-order valence-electron chi connectivity index (χ2n) is 7.15. The number of nitrogens with zero attached hydrogens (tertiary/aromatic N) is 3. The summed E-state index contributed by atoms with van der Waals surface area (Å²) in [6.45, 7) is 13.3. The fourth-order valence-corrected chi connectivity index (χ4v) is 3.04. The lowest BCUT2D eigenvalue weighted by Crippen LogP contribution is -2.37. The Morgan fingerprint density at radius 3 is 2.73 bits per heavy atom. The lowest BCUT2D eigenvalue weighted by molar-refractivity contribution is 0.110. The number of aromatic nitrogens is 2. The van der Waals surface area contributed by atoms with E-state index in [4.69, 9.17) is 14.5 Å². The number of guanidine groups is 1. The van der Waals surface area contributed by atoms with Crippen molar-refractivity contribution in [2.75, 3.05) is 32.9 Å². The van der Waals surface area contributed by atoms with Gasteiger partial charge >= 0.3 is 0 Å². The normalized spacial score (nSPS) is 11.5. The van der Waals surface area contributed by atoms with Gasteiger partial charge in [-0.15, -0.1) is 0 Å². The highest BCUT2D eigenvalue weighted by molar-refractivity contribution is 5.79. The molecule has 0 amide bonds. The zero-order valence-electron chi connectivity index (χ0n) is 18.9. The number of ether oxygens (including phenoxy) is 2. The van der Waals surface area contributed by atoms with Crippen LogP contribution in [0.1, 0.15) is 43.6 Å². The van der Waals surface area contributed by atoms with Crippen molar-refractivity contribution in [2.45, 2.75) is 53.6 Å². The molecule has 0 atom stereocenters. The van der Waals surface area contributed by atoms with Gasteiger partial charge in [-0.3, -0.25) is 0 Å². The molecular formula is C23H37N5O2. The van der Waals surface area contributed by atoms with Crippen molar-refractivity contribution < 1.29 is 9.47 Å². The van der Waals surface area contributed by atoms with E-state index in [0.717, 1.165) is 55.6 Å². The maximum absolute atomic E-state index is 5.93. The number of aryl methyl sites for hydroxylation is 3. The number of hydrogen-bond acceptors (Lipinski definition) is 4. The Morgan fingerprint density at radius 2 is 2.00 bits per heavy atom. The predicted octanol–water partition coefficient (Wildman–Crippen LogP) is 3.45. The molecule has 166 valence electrons. The SMILES string of the molecule is CCNC(=NCc1ccc(C)cc1OCCOCC)NCCCCn1ccnc1C. The van der Waals surface area contributed by atoms with Crippen LogP contribution in [0.25, 0.3) is 0 Å². The quantitative estimate of drug-likeness (QED) is 0.298. The molecule has 0 spiro atoms. The maximum Gasteiger partial charge on any atom is 0.191 e. The molecule has 0 aliphatic rings. The first-order valence-corrected chi connectivity index (χ1v) is 10.9. The molecule has 2 rings (SSSR count). The van der Waals surface area contributed by atoms with E-state index >= 15 is 0 Å². The summed E-state index contributed by atoms with van der Waals surface area (Å²) in [5, 5.41) is 6.75. The fraction of sp³-hybridized carbons (Fsp3) is 0.565. The third-order valence-electron chi connectivity index (χ3n) is 4.71. The second kappa shape index (κ2) is 13.6. The first-order chi connectivity index (χ1) is 14.6. The molecule has 2 N–H and O–H groups in total. The van der Waals surface area contributed by atoms with Gasteiger partial charge in [-0.25, -0.2) is 9.98 Å². The van der Waals surface area contributed by atoms with Crippen LogP contribution in [0.3, 0.4) is 0 Å². The number of hydrogen-bond donors (Lipinski definition) is 2. The van der Waals surface area contributed by atoms with Gasteiger partial charge in [0.1, 0.15) is 18.2 Å². The van der Waals surface area contributed by atoms with Gasteiger partial charge in [-0.2, -0.15) is 0 Å². The van der Waals surface area contributed by atoms with E-state index in [1.807, 2.05) is 26.2 Å². The maximum atomic E-state index is 5.93. The molecule has 1 heterocycles. The summed E-state index contributed by atoms with van der Waals surface area (Å²) in [6, 6.07) is 6.25. The van der Waals surface area contributed by atoms with Crippen LogP contribution in [0.15, 0.2) is 35.6 Å². The summed E-state index contributed by atoms with van der Waals surface area (Å²) in [5.74, 6) is 2.78. The van der Waals surface area contributed by atoms with Crippen LogP contribution >= 0.6 is 0 Å². The number of benzene rings is 1. The summed E-state index contributed by atoms with van der Waals surface area (Å²) >= 11 is 0. The summed E-state index contributed by atoms with van der Waals surface area (Å²) < 4.78 is 13.5. The van der Waals surface area contributed by atoms with Gasteiger partial charge in [0.25, 0.3) is 0 Å². The van der Waals surface area contributed by atoms with E-state index in [-0.39, 0.29) is 0 Å². The fourth-order valence-electron chi connectivity index (χ4n) is 3.04. The molecule has 7 nitrogen and oxygen atoms in total. The highest BCUT2D eigenvalue weighted by atomic mass is 16.5. The lowest BCUT2D eigenvalue weighted by Gasteiger charge is -2.14. The largest absolute Gasteiger partial charge is 0.491 e. The third-order valence-corrected chi connectivity index (χ3v) is 4.71. The molecule has 30 heavy (non-hydrogen) atoms. The first kappa shape index (κ1) is 23.7. The van der Waals surface area contributed by atoms with Crippen molar-refractivity contribution in [1.82, 2.24) is 20.2 Å². The van der Waals surface area contributed by atoms with E-state index in [1.165, 1.54) is 5.56 Å². The predicted molar refractivity (Wildman–Crippen MR) is 122 cm³/mol. The molecule has 2 aromatic rings. The Bertz CT molecular complexity index is 773. The summed E-state index contributed by atoms with van der Waals surface area (Å²) in [4.78, 5) is 9.01. The van der Waals surface area contributed by atoms with Crippen molar-refractivity contribution >= 4 is 5.96 Å². The second-order valence-corrected chi connectivity index (χ2v) is 7.15. The molecule has 0 bridgehead atoms.